The summed E-state index contributed by atoms with van der Waals surface area (Å²) in [5.74, 6) is 1.14. The Bertz CT molecular complexity index is 337. The number of nitrogens with one attached hydrogen (secondary N) is 1. The lowest BCUT2D eigenvalue weighted by molar-refractivity contribution is 0.326. The van der Waals surface area contributed by atoms with E-state index in [2.05, 4.69) is 16.3 Å². The van der Waals surface area contributed by atoms with Gasteiger partial charge in [-0.1, -0.05) is 0 Å². The number of furan rings is 1. The molecule has 1 N–H and O–H groups in total. The molecule has 0 atom stereocenters. The number of likely N-dealkylation sites (tertiary alicyclic amines) is 1. The van der Waals surface area contributed by atoms with Gasteiger partial charge in [0.1, 0.15) is 5.76 Å². The maximum Gasteiger partial charge on any atom is 0.122 e. The number of nitrogens with zero attached hydrogens (tertiary/aromatic N) is 1. The molecule has 1 saturated carbocycles. The molecular weight excluding hydrogens is 200 g/mol. The molecule has 0 radical (unpaired) electrons. The average Bonchev–Trinajstić information content (AvgIpc) is 2.79. The summed E-state index contributed by atoms with van der Waals surface area (Å²) in [7, 11) is 0. The van der Waals surface area contributed by atoms with Gasteiger partial charge in [0.15, 0.2) is 0 Å². The molecule has 2 fully saturated rings. The number of rotatable bonds is 5. The predicted molar refractivity (Wildman–Crippen MR) is 63.1 cm³/mol. The lowest BCUT2D eigenvalue weighted by Crippen LogP contribution is -2.20. The molecule has 1 saturated heterocycles. The fourth-order valence-corrected chi connectivity index (χ4v) is 2.37. The summed E-state index contributed by atoms with van der Waals surface area (Å²) < 4.78 is 5.56. The molecule has 2 aliphatic rings. The molecule has 0 aromatic carbocycles. The third kappa shape index (κ3) is 2.47. The molecule has 0 bridgehead atoms. The summed E-state index contributed by atoms with van der Waals surface area (Å²) in [6.45, 7) is 4.47. The summed E-state index contributed by atoms with van der Waals surface area (Å²) in [5.41, 5.74) is 1.37. The highest BCUT2D eigenvalue weighted by molar-refractivity contribution is 5.17. The largest absolute Gasteiger partial charge is 0.468 e. The fourth-order valence-electron chi connectivity index (χ4n) is 2.37. The van der Waals surface area contributed by atoms with E-state index in [-0.39, 0.29) is 0 Å². The SMILES string of the molecule is c1cc(CN2CCCC2)c(CNC2CC2)o1. The Balaban J connectivity index is 1.57. The van der Waals surface area contributed by atoms with E-state index in [1.807, 2.05) is 6.26 Å². The fraction of sp³-hybridized carbons (Fsp3) is 0.692. The van der Waals surface area contributed by atoms with Gasteiger partial charge < -0.3 is 9.73 Å². The molecule has 88 valence electrons. The molecule has 3 rings (SSSR count). The minimum atomic E-state index is 0.754. The van der Waals surface area contributed by atoms with E-state index in [0.717, 1.165) is 24.9 Å². The van der Waals surface area contributed by atoms with Crippen molar-refractivity contribution in [2.45, 2.75) is 44.8 Å². The Morgan fingerprint density at radius 1 is 1.31 bits per heavy atom. The Morgan fingerprint density at radius 3 is 2.88 bits per heavy atom. The van der Waals surface area contributed by atoms with Crippen LogP contribution in [-0.2, 0) is 13.1 Å². The standard InChI is InChI=1S/C13H20N2O/c1-2-7-15(6-1)10-11-5-8-16-13(11)9-14-12-3-4-12/h5,8,12,14H,1-4,6-7,9-10H2. The Hall–Kier alpha value is -0.800. The van der Waals surface area contributed by atoms with Gasteiger partial charge in [-0.3, -0.25) is 4.90 Å². The first-order chi connectivity index (χ1) is 7.92. The van der Waals surface area contributed by atoms with Crippen molar-refractivity contribution in [3.63, 3.8) is 0 Å². The van der Waals surface area contributed by atoms with Gasteiger partial charge in [0, 0.05) is 18.2 Å². The van der Waals surface area contributed by atoms with Gasteiger partial charge in [-0.25, -0.2) is 0 Å². The van der Waals surface area contributed by atoms with Crippen LogP contribution in [0.2, 0.25) is 0 Å². The molecule has 0 amide bonds. The number of hydrogen-bond acceptors (Lipinski definition) is 3. The quantitative estimate of drug-likeness (QED) is 0.824. The topological polar surface area (TPSA) is 28.4 Å². The van der Waals surface area contributed by atoms with Crippen LogP contribution in [0.3, 0.4) is 0 Å². The van der Waals surface area contributed by atoms with Crippen LogP contribution >= 0.6 is 0 Å². The molecule has 2 heterocycles. The Labute approximate surface area is 96.8 Å². The third-order valence-electron chi connectivity index (χ3n) is 3.56. The van der Waals surface area contributed by atoms with Gasteiger partial charge in [-0.05, 0) is 44.8 Å². The van der Waals surface area contributed by atoms with E-state index >= 15 is 0 Å². The van der Waals surface area contributed by atoms with Crippen molar-refractivity contribution in [1.82, 2.24) is 10.2 Å². The highest BCUT2D eigenvalue weighted by Gasteiger charge is 2.21. The summed E-state index contributed by atoms with van der Waals surface area (Å²) >= 11 is 0. The smallest absolute Gasteiger partial charge is 0.122 e. The van der Waals surface area contributed by atoms with Gasteiger partial charge in [0.05, 0.1) is 12.8 Å². The molecule has 3 heteroatoms. The first-order valence-corrected chi connectivity index (χ1v) is 6.43. The van der Waals surface area contributed by atoms with Crippen LogP contribution in [0.1, 0.15) is 37.0 Å². The lowest BCUT2D eigenvalue weighted by atomic mass is 10.2. The van der Waals surface area contributed by atoms with Gasteiger partial charge in [-0.15, -0.1) is 0 Å². The summed E-state index contributed by atoms with van der Waals surface area (Å²) in [6, 6.07) is 2.88. The van der Waals surface area contributed by atoms with Crippen molar-refractivity contribution in [1.29, 1.82) is 0 Å². The van der Waals surface area contributed by atoms with Crippen molar-refractivity contribution in [3.05, 3.63) is 23.7 Å². The molecule has 1 aromatic rings. The van der Waals surface area contributed by atoms with E-state index in [1.54, 1.807) is 0 Å². The van der Waals surface area contributed by atoms with Gasteiger partial charge in [0.25, 0.3) is 0 Å². The normalized spacial score (nSPS) is 21.8. The monoisotopic (exact) mass is 220 g/mol. The first kappa shape index (κ1) is 10.4. The lowest BCUT2D eigenvalue weighted by Gasteiger charge is -2.14. The second-order valence-electron chi connectivity index (χ2n) is 5.01. The molecule has 1 aromatic heterocycles. The van der Waals surface area contributed by atoms with E-state index < -0.39 is 0 Å². The Morgan fingerprint density at radius 2 is 2.12 bits per heavy atom. The van der Waals surface area contributed by atoms with Crippen LogP contribution in [0, 0.1) is 0 Å². The zero-order valence-electron chi connectivity index (χ0n) is 9.74. The highest BCUT2D eigenvalue weighted by Crippen LogP contribution is 2.21. The maximum absolute atomic E-state index is 5.56. The minimum absolute atomic E-state index is 0.754. The molecule has 0 spiro atoms. The number of hydrogen-bond donors (Lipinski definition) is 1. The van der Waals surface area contributed by atoms with E-state index in [9.17, 15) is 0 Å². The van der Waals surface area contributed by atoms with E-state index in [1.165, 1.54) is 44.3 Å². The molecular formula is C13H20N2O. The molecule has 1 aliphatic heterocycles. The molecule has 3 nitrogen and oxygen atoms in total. The zero-order valence-corrected chi connectivity index (χ0v) is 9.74. The second kappa shape index (κ2) is 4.60. The predicted octanol–water partition coefficient (Wildman–Crippen LogP) is 2.13. The molecule has 1 aliphatic carbocycles. The molecule has 0 unspecified atom stereocenters. The van der Waals surface area contributed by atoms with Crippen LogP contribution in [-0.4, -0.2) is 24.0 Å². The van der Waals surface area contributed by atoms with Crippen molar-refractivity contribution in [2.75, 3.05) is 13.1 Å². The van der Waals surface area contributed by atoms with Gasteiger partial charge in [0.2, 0.25) is 0 Å². The van der Waals surface area contributed by atoms with Crippen LogP contribution < -0.4 is 5.32 Å². The average molecular weight is 220 g/mol. The maximum atomic E-state index is 5.56. The van der Waals surface area contributed by atoms with E-state index in [0.29, 0.717) is 0 Å². The first-order valence-electron chi connectivity index (χ1n) is 6.43. The van der Waals surface area contributed by atoms with Crippen molar-refractivity contribution in [3.8, 4) is 0 Å². The molecule has 16 heavy (non-hydrogen) atoms. The zero-order chi connectivity index (χ0) is 10.8. The van der Waals surface area contributed by atoms with Crippen LogP contribution in [0.4, 0.5) is 0 Å². The Kier molecular flexibility index (Phi) is 2.98. The van der Waals surface area contributed by atoms with Crippen molar-refractivity contribution in [2.24, 2.45) is 0 Å². The third-order valence-corrected chi connectivity index (χ3v) is 3.56. The van der Waals surface area contributed by atoms with Crippen molar-refractivity contribution < 1.29 is 4.42 Å². The van der Waals surface area contributed by atoms with Crippen LogP contribution in [0.25, 0.3) is 0 Å². The van der Waals surface area contributed by atoms with Crippen LogP contribution in [0.15, 0.2) is 16.7 Å². The summed E-state index contributed by atoms with van der Waals surface area (Å²) in [4.78, 5) is 2.52. The highest BCUT2D eigenvalue weighted by atomic mass is 16.3. The summed E-state index contributed by atoms with van der Waals surface area (Å²) in [5, 5.41) is 3.51. The summed E-state index contributed by atoms with van der Waals surface area (Å²) in [6.07, 6.45) is 7.21. The van der Waals surface area contributed by atoms with Gasteiger partial charge in [-0.2, -0.15) is 0 Å². The second-order valence-corrected chi connectivity index (χ2v) is 5.01. The van der Waals surface area contributed by atoms with Crippen LogP contribution in [0.5, 0.6) is 0 Å². The van der Waals surface area contributed by atoms with E-state index in [4.69, 9.17) is 4.42 Å². The minimum Gasteiger partial charge on any atom is -0.468 e. The van der Waals surface area contributed by atoms with Crippen molar-refractivity contribution >= 4 is 0 Å². The van der Waals surface area contributed by atoms with Gasteiger partial charge >= 0.3 is 0 Å².